The van der Waals surface area contributed by atoms with Crippen LogP contribution in [0.25, 0.3) is 0 Å². The second-order valence-corrected chi connectivity index (χ2v) is 7.31. The number of hydrogen-bond acceptors (Lipinski definition) is 4. The summed E-state index contributed by atoms with van der Waals surface area (Å²) in [5.74, 6) is 0.894. The number of aliphatic imine (C=N–C) groups is 1. The first kappa shape index (κ1) is 14.4. The molecule has 0 aromatic heterocycles. The summed E-state index contributed by atoms with van der Waals surface area (Å²) in [5.41, 5.74) is 0.615. The molecule has 7 heteroatoms. The highest BCUT2D eigenvalue weighted by molar-refractivity contribution is 8.15. The van der Waals surface area contributed by atoms with E-state index in [4.69, 9.17) is 0 Å². The number of hydrogen-bond donors (Lipinski definition) is 0. The molecular formula is C12H17N3O2S2. The van der Waals surface area contributed by atoms with Gasteiger partial charge in [-0.05, 0) is 18.6 Å². The van der Waals surface area contributed by atoms with Crippen molar-refractivity contribution in [3.05, 3.63) is 30.3 Å². The molecule has 104 valence electrons. The summed E-state index contributed by atoms with van der Waals surface area (Å²) in [5, 5.41) is 0.547. The lowest BCUT2D eigenvalue weighted by atomic mass is 10.3. The van der Waals surface area contributed by atoms with Crippen LogP contribution in [0.4, 0.5) is 5.69 Å². The van der Waals surface area contributed by atoms with Gasteiger partial charge < -0.3 is 0 Å². The standard InChI is InChI=1S/C12H17N3O2S2/c1-14(2)19(16,17)15(11-7-4-3-5-8-11)12-13-9-6-10-18-12/h3-5,7-8H,6,9-10H2,1-2H3. The van der Waals surface area contributed by atoms with Crippen LogP contribution in [0.15, 0.2) is 35.3 Å². The predicted molar refractivity (Wildman–Crippen MR) is 80.9 cm³/mol. The van der Waals surface area contributed by atoms with E-state index in [-0.39, 0.29) is 0 Å². The number of benzene rings is 1. The van der Waals surface area contributed by atoms with Crippen LogP contribution in [0.5, 0.6) is 0 Å². The van der Waals surface area contributed by atoms with Crippen molar-refractivity contribution in [3.63, 3.8) is 0 Å². The first-order valence-corrected chi connectivity index (χ1v) is 8.37. The maximum Gasteiger partial charge on any atom is 0.309 e. The molecule has 5 nitrogen and oxygen atoms in total. The Balaban J connectivity index is 2.48. The molecule has 0 bridgehead atoms. The highest BCUT2D eigenvalue weighted by Gasteiger charge is 2.30. The molecule has 0 radical (unpaired) electrons. The van der Waals surface area contributed by atoms with Crippen molar-refractivity contribution in [1.29, 1.82) is 0 Å². The summed E-state index contributed by atoms with van der Waals surface area (Å²) >= 11 is 1.48. The average molecular weight is 299 g/mol. The van der Waals surface area contributed by atoms with Gasteiger partial charge in [-0.3, -0.25) is 4.99 Å². The molecule has 2 rings (SSSR count). The molecule has 1 aliphatic heterocycles. The van der Waals surface area contributed by atoms with Gasteiger partial charge in [0.1, 0.15) is 0 Å². The molecule has 0 unspecified atom stereocenters. The molecule has 0 spiro atoms. The van der Waals surface area contributed by atoms with Crippen LogP contribution < -0.4 is 4.31 Å². The van der Waals surface area contributed by atoms with Crippen molar-refractivity contribution in [1.82, 2.24) is 4.31 Å². The van der Waals surface area contributed by atoms with Gasteiger partial charge in [-0.2, -0.15) is 12.7 Å². The average Bonchev–Trinajstić information content (AvgIpc) is 2.41. The monoisotopic (exact) mass is 299 g/mol. The smallest absolute Gasteiger partial charge is 0.261 e. The first-order chi connectivity index (χ1) is 9.03. The number of rotatable bonds is 3. The number of amidine groups is 1. The summed E-state index contributed by atoms with van der Waals surface area (Å²) in [6.45, 7) is 0.675. The molecule has 0 N–H and O–H groups in total. The fourth-order valence-electron chi connectivity index (χ4n) is 1.64. The maximum atomic E-state index is 12.5. The third-order valence-electron chi connectivity index (χ3n) is 2.64. The van der Waals surface area contributed by atoms with Crippen LogP contribution in [-0.2, 0) is 10.2 Å². The van der Waals surface area contributed by atoms with E-state index in [1.165, 1.54) is 34.5 Å². The lowest BCUT2D eigenvalue weighted by Gasteiger charge is -2.29. The van der Waals surface area contributed by atoms with Gasteiger partial charge in [0.15, 0.2) is 5.17 Å². The van der Waals surface area contributed by atoms with Gasteiger partial charge in [0.2, 0.25) is 0 Å². The van der Waals surface area contributed by atoms with Crippen molar-refractivity contribution >= 4 is 32.8 Å². The summed E-state index contributed by atoms with van der Waals surface area (Å²) < 4.78 is 27.5. The third kappa shape index (κ3) is 3.10. The Labute approximate surface area is 118 Å². The molecule has 1 aromatic carbocycles. The number of para-hydroxylation sites is 1. The Kier molecular flexibility index (Phi) is 4.49. The zero-order valence-corrected chi connectivity index (χ0v) is 12.6. The van der Waals surface area contributed by atoms with Crippen LogP contribution in [0.3, 0.4) is 0 Å². The Bertz CT molecular complexity index is 556. The van der Waals surface area contributed by atoms with Gasteiger partial charge in [-0.15, -0.1) is 0 Å². The quantitative estimate of drug-likeness (QED) is 0.855. The van der Waals surface area contributed by atoms with Crippen molar-refractivity contribution in [2.45, 2.75) is 6.42 Å². The molecular weight excluding hydrogens is 282 g/mol. The van der Waals surface area contributed by atoms with Gasteiger partial charge in [0.05, 0.1) is 5.69 Å². The fraction of sp³-hybridized carbons (Fsp3) is 0.417. The van der Waals surface area contributed by atoms with E-state index in [1.807, 2.05) is 18.2 Å². The first-order valence-electron chi connectivity index (χ1n) is 5.98. The van der Waals surface area contributed by atoms with E-state index in [0.717, 1.165) is 12.2 Å². The molecule has 0 saturated heterocycles. The molecule has 0 saturated carbocycles. The predicted octanol–water partition coefficient (Wildman–Crippen LogP) is 1.79. The van der Waals surface area contributed by atoms with Crippen molar-refractivity contribution in [2.24, 2.45) is 4.99 Å². The van der Waals surface area contributed by atoms with Crippen LogP contribution in [-0.4, -0.2) is 44.3 Å². The third-order valence-corrected chi connectivity index (χ3v) is 5.58. The number of nitrogens with zero attached hydrogens (tertiary/aromatic N) is 3. The number of anilines is 1. The normalized spacial score (nSPS) is 16.3. The summed E-state index contributed by atoms with van der Waals surface area (Å²) in [7, 11) is -0.522. The Morgan fingerprint density at radius 1 is 1.21 bits per heavy atom. The topological polar surface area (TPSA) is 53.0 Å². The van der Waals surface area contributed by atoms with E-state index in [1.54, 1.807) is 12.1 Å². The van der Waals surface area contributed by atoms with Crippen molar-refractivity contribution in [3.8, 4) is 0 Å². The van der Waals surface area contributed by atoms with Crippen molar-refractivity contribution < 1.29 is 8.42 Å². The molecule has 0 amide bonds. The second-order valence-electron chi connectivity index (χ2n) is 4.26. The lowest BCUT2D eigenvalue weighted by Crippen LogP contribution is -2.43. The minimum absolute atomic E-state index is 0.547. The molecule has 0 aliphatic carbocycles. The fourth-order valence-corrected chi connectivity index (χ4v) is 3.91. The van der Waals surface area contributed by atoms with Gasteiger partial charge in [-0.25, -0.2) is 4.31 Å². The van der Waals surface area contributed by atoms with Gasteiger partial charge in [0.25, 0.3) is 0 Å². The van der Waals surface area contributed by atoms with Gasteiger partial charge >= 0.3 is 10.2 Å². The Morgan fingerprint density at radius 2 is 1.89 bits per heavy atom. The Morgan fingerprint density at radius 3 is 2.42 bits per heavy atom. The second kappa shape index (κ2) is 5.94. The SMILES string of the molecule is CN(C)S(=O)(=O)N(C1=NCCCS1)c1ccccc1. The minimum atomic E-state index is -3.58. The zero-order valence-electron chi connectivity index (χ0n) is 11.0. The molecule has 1 aromatic rings. The summed E-state index contributed by atoms with van der Waals surface area (Å²) in [6, 6.07) is 9.06. The molecule has 1 heterocycles. The van der Waals surface area contributed by atoms with E-state index in [0.29, 0.717) is 17.4 Å². The lowest BCUT2D eigenvalue weighted by molar-refractivity contribution is 0.522. The molecule has 1 aliphatic rings. The van der Waals surface area contributed by atoms with E-state index in [2.05, 4.69) is 4.99 Å². The highest BCUT2D eigenvalue weighted by Crippen LogP contribution is 2.26. The highest BCUT2D eigenvalue weighted by atomic mass is 32.2. The van der Waals surface area contributed by atoms with Crippen LogP contribution in [0.1, 0.15) is 6.42 Å². The Hall–Kier alpha value is -1.05. The van der Waals surface area contributed by atoms with E-state index in [9.17, 15) is 8.42 Å². The molecule has 0 fully saturated rings. The molecule has 0 atom stereocenters. The van der Waals surface area contributed by atoms with Crippen LogP contribution >= 0.6 is 11.8 Å². The largest absolute Gasteiger partial charge is 0.309 e. The van der Waals surface area contributed by atoms with E-state index >= 15 is 0 Å². The number of thioether (sulfide) groups is 1. The van der Waals surface area contributed by atoms with Crippen molar-refractivity contribution in [2.75, 3.05) is 30.7 Å². The van der Waals surface area contributed by atoms with Gasteiger partial charge in [0, 0.05) is 26.4 Å². The van der Waals surface area contributed by atoms with Crippen LogP contribution in [0, 0.1) is 0 Å². The van der Waals surface area contributed by atoms with E-state index < -0.39 is 10.2 Å². The summed E-state index contributed by atoms with van der Waals surface area (Å²) in [6.07, 6.45) is 0.985. The molecule has 19 heavy (non-hydrogen) atoms. The maximum absolute atomic E-state index is 12.5. The summed E-state index contributed by atoms with van der Waals surface area (Å²) in [4.78, 5) is 4.35. The zero-order chi connectivity index (χ0) is 13.9. The van der Waals surface area contributed by atoms with Crippen LogP contribution in [0.2, 0.25) is 0 Å². The van der Waals surface area contributed by atoms with Gasteiger partial charge in [-0.1, -0.05) is 30.0 Å². The minimum Gasteiger partial charge on any atom is -0.261 e.